The van der Waals surface area contributed by atoms with Crippen molar-refractivity contribution >= 4 is 86.0 Å². The van der Waals surface area contributed by atoms with Crippen molar-refractivity contribution in [2.75, 3.05) is 11.4 Å². The Hall–Kier alpha value is -4.81. The lowest BCUT2D eigenvalue weighted by Crippen LogP contribution is -2.33. The number of benzene rings is 3. The number of anilines is 3. The number of para-hydroxylation sites is 2. The predicted molar refractivity (Wildman–Crippen MR) is 191 cm³/mol. The minimum atomic E-state index is -1.13. The number of carboxylic acid groups (broad SMARTS) is 1. The van der Waals surface area contributed by atoms with E-state index in [0.29, 0.717) is 16.4 Å². The molecule has 7 nitrogen and oxygen atoms in total. The van der Waals surface area contributed by atoms with Crippen LogP contribution in [0.3, 0.4) is 0 Å². The van der Waals surface area contributed by atoms with E-state index in [1.807, 2.05) is 42.5 Å². The van der Waals surface area contributed by atoms with Crippen LogP contribution in [0.15, 0.2) is 125 Å². The molecule has 1 aliphatic heterocycles. The summed E-state index contributed by atoms with van der Waals surface area (Å²) in [6.45, 7) is -0.471. The molecule has 6 aromatic rings. The van der Waals surface area contributed by atoms with Crippen LogP contribution in [0, 0.1) is 0 Å². The first-order valence-electron chi connectivity index (χ1n) is 14.1. The number of aliphatic carboxylic acids is 1. The molecule has 4 heterocycles. The van der Waals surface area contributed by atoms with E-state index in [1.165, 1.54) is 4.88 Å². The lowest BCUT2D eigenvalue weighted by Gasteiger charge is -2.25. The topological polar surface area (TPSA) is 86.9 Å². The van der Waals surface area contributed by atoms with Gasteiger partial charge in [-0.1, -0.05) is 77.7 Å². The van der Waals surface area contributed by atoms with Gasteiger partial charge in [0.1, 0.15) is 16.6 Å². The van der Waals surface area contributed by atoms with Crippen LogP contribution in [0.4, 0.5) is 17.1 Å². The zero-order valence-electron chi connectivity index (χ0n) is 23.9. The van der Waals surface area contributed by atoms with Gasteiger partial charge in [0, 0.05) is 37.8 Å². The quantitative estimate of drug-likeness (QED) is 0.120. The standard InChI is InChI=1S/C35H23N3O4S4/c39-33(40)21-37-34(41)32(46-35(37)43)20-23-19-27(42-36-23)29-16-18-31(45-29)30-17-15-28(44-30)22-11-13-26(14-12-22)38(24-7-3-1-4-8-24)25-9-5-2-6-10-25/h1-20H,21H2,(H,39,40)/b32-20+. The van der Waals surface area contributed by atoms with E-state index in [-0.39, 0.29) is 4.32 Å². The van der Waals surface area contributed by atoms with Gasteiger partial charge in [0.15, 0.2) is 5.76 Å². The maximum atomic E-state index is 12.6. The molecule has 7 rings (SSSR count). The summed E-state index contributed by atoms with van der Waals surface area (Å²) in [7, 11) is 0. The Balaban J connectivity index is 1.08. The molecule has 1 fully saturated rings. The Labute approximate surface area is 282 Å². The first-order valence-corrected chi connectivity index (χ1v) is 16.9. The molecule has 1 aliphatic rings. The van der Waals surface area contributed by atoms with Crippen LogP contribution in [0.5, 0.6) is 0 Å². The molecule has 1 N–H and O–H groups in total. The minimum Gasteiger partial charge on any atom is -0.480 e. The van der Waals surface area contributed by atoms with Crippen molar-refractivity contribution in [2.24, 2.45) is 0 Å². The van der Waals surface area contributed by atoms with E-state index in [0.717, 1.165) is 53.9 Å². The van der Waals surface area contributed by atoms with Crippen molar-refractivity contribution in [3.8, 4) is 30.8 Å². The van der Waals surface area contributed by atoms with Gasteiger partial charge in [-0.3, -0.25) is 14.5 Å². The number of thioether (sulfide) groups is 1. The van der Waals surface area contributed by atoms with Crippen molar-refractivity contribution in [1.29, 1.82) is 0 Å². The Bertz CT molecular complexity index is 2040. The molecule has 0 bridgehead atoms. The highest BCUT2D eigenvalue weighted by molar-refractivity contribution is 8.26. The average Bonchev–Trinajstić information content (AvgIpc) is 3.88. The largest absolute Gasteiger partial charge is 0.480 e. The highest BCUT2D eigenvalue weighted by atomic mass is 32.2. The molecule has 11 heteroatoms. The smallest absolute Gasteiger partial charge is 0.323 e. The van der Waals surface area contributed by atoms with Crippen LogP contribution in [-0.2, 0) is 9.59 Å². The number of carbonyl (C=O) groups is 2. The third-order valence-corrected chi connectivity index (χ3v) is 10.9. The number of aromatic nitrogens is 1. The average molecular weight is 678 g/mol. The predicted octanol–water partition coefficient (Wildman–Crippen LogP) is 9.55. The van der Waals surface area contributed by atoms with Crippen molar-refractivity contribution in [3.05, 3.63) is 126 Å². The van der Waals surface area contributed by atoms with Crippen molar-refractivity contribution < 1.29 is 19.2 Å². The molecule has 46 heavy (non-hydrogen) atoms. The second kappa shape index (κ2) is 12.9. The van der Waals surface area contributed by atoms with Gasteiger partial charge in [-0.2, -0.15) is 0 Å². The van der Waals surface area contributed by atoms with Gasteiger partial charge in [-0.15, -0.1) is 22.7 Å². The number of thiophene rings is 2. The number of carboxylic acids is 1. The van der Waals surface area contributed by atoms with Crippen LogP contribution >= 0.6 is 46.7 Å². The molecule has 0 unspecified atom stereocenters. The Kier molecular flexibility index (Phi) is 8.37. The zero-order chi connectivity index (χ0) is 31.6. The maximum absolute atomic E-state index is 12.6. The molecule has 1 amide bonds. The van der Waals surface area contributed by atoms with E-state index in [2.05, 4.69) is 76.8 Å². The van der Waals surface area contributed by atoms with E-state index in [9.17, 15) is 9.59 Å². The van der Waals surface area contributed by atoms with Gasteiger partial charge < -0.3 is 14.5 Å². The molecule has 0 saturated carbocycles. The van der Waals surface area contributed by atoms with Gasteiger partial charge >= 0.3 is 5.97 Å². The molecule has 1 saturated heterocycles. The summed E-state index contributed by atoms with van der Waals surface area (Å²) in [4.78, 5) is 31.6. The molecule has 226 valence electrons. The van der Waals surface area contributed by atoms with Crippen LogP contribution < -0.4 is 4.90 Å². The first-order chi connectivity index (χ1) is 22.4. The number of nitrogens with zero attached hydrogens (tertiary/aromatic N) is 3. The lowest BCUT2D eigenvalue weighted by atomic mass is 10.1. The van der Waals surface area contributed by atoms with Crippen molar-refractivity contribution in [1.82, 2.24) is 10.1 Å². The number of hydrogen-bond donors (Lipinski definition) is 1. The summed E-state index contributed by atoms with van der Waals surface area (Å²) in [5.74, 6) is -0.995. The summed E-state index contributed by atoms with van der Waals surface area (Å²) in [5.41, 5.74) is 4.88. The Morgan fingerprint density at radius 2 is 1.37 bits per heavy atom. The third kappa shape index (κ3) is 6.18. The van der Waals surface area contributed by atoms with E-state index < -0.39 is 18.4 Å². The fourth-order valence-corrected chi connectivity index (χ4v) is 8.28. The van der Waals surface area contributed by atoms with Gasteiger partial charge in [-0.05, 0) is 72.3 Å². The molecule has 3 aromatic heterocycles. The first kappa shape index (κ1) is 29.9. The Morgan fingerprint density at radius 3 is 2.00 bits per heavy atom. The molecule has 0 atom stereocenters. The van der Waals surface area contributed by atoms with Crippen LogP contribution in [0.1, 0.15) is 5.69 Å². The van der Waals surface area contributed by atoms with Crippen molar-refractivity contribution in [3.63, 3.8) is 0 Å². The van der Waals surface area contributed by atoms with Gasteiger partial charge in [0.2, 0.25) is 0 Å². The van der Waals surface area contributed by atoms with E-state index in [4.69, 9.17) is 21.8 Å². The Morgan fingerprint density at radius 1 is 0.804 bits per heavy atom. The summed E-state index contributed by atoms with van der Waals surface area (Å²) >= 11 is 9.54. The highest BCUT2D eigenvalue weighted by Gasteiger charge is 2.33. The number of hydrogen-bond acceptors (Lipinski definition) is 9. The van der Waals surface area contributed by atoms with Gasteiger partial charge in [0.25, 0.3) is 5.91 Å². The number of carbonyl (C=O) groups excluding carboxylic acids is 1. The maximum Gasteiger partial charge on any atom is 0.323 e. The van der Waals surface area contributed by atoms with Crippen LogP contribution in [0.2, 0.25) is 0 Å². The molecule has 0 spiro atoms. The molecule has 0 aliphatic carbocycles. The summed E-state index contributed by atoms with van der Waals surface area (Å²) in [5, 5.41) is 13.1. The van der Waals surface area contributed by atoms with Crippen LogP contribution in [0.25, 0.3) is 36.9 Å². The number of amides is 1. The zero-order valence-corrected chi connectivity index (χ0v) is 27.2. The molecular weight excluding hydrogens is 655 g/mol. The third-order valence-electron chi connectivity index (χ3n) is 7.11. The highest BCUT2D eigenvalue weighted by Crippen LogP contribution is 2.42. The van der Waals surface area contributed by atoms with E-state index in [1.54, 1.807) is 34.8 Å². The molecule has 3 aromatic carbocycles. The summed E-state index contributed by atoms with van der Waals surface area (Å²) in [6, 6.07) is 39.4. The lowest BCUT2D eigenvalue weighted by molar-refractivity contribution is -0.140. The minimum absolute atomic E-state index is 0.206. The SMILES string of the molecule is O=C(O)CN1C(=O)/C(=C\c2cc(-c3ccc(-c4ccc(-c5ccc(N(c6ccccc6)c6ccccc6)cc5)s4)s3)on2)SC1=S. The fourth-order valence-electron chi connectivity index (χ4n) is 4.98. The normalized spacial score (nSPS) is 13.9. The van der Waals surface area contributed by atoms with Crippen LogP contribution in [-0.4, -0.2) is 37.9 Å². The number of thiocarbonyl (C=S) groups is 1. The molecule has 0 radical (unpaired) electrons. The fraction of sp³-hybridized carbons (Fsp3) is 0.0286. The second-order valence-electron chi connectivity index (χ2n) is 10.2. The number of rotatable bonds is 9. The summed E-state index contributed by atoms with van der Waals surface area (Å²) < 4.78 is 5.79. The van der Waals surface area contributed by atoms with Crippen molar-refractivity contribution in [2.45, 2.75) is 0 Å². The summed E-state index contributed by atoms with van der Waals surface area (Å²) in [6.07, 6.45) is 1.57. The van der Waals surface area contributed by atoms with Gasteiger partial charge in [0.05, 0.1) is 9.78 Å². The monoisotopic (exact) mass is 677 g/mol. The van der Waals surface area contributed by atoms with Gasteiger partial charge in [-0.25, -0.2) is 0 Å². The van der Waals surface area contributed by atoms with E-state index >= 15 is 0 Å². The molecular formula is C35H23N3O4S4. The second-order valence-corrected chi connectivity index (χ2v) is 14.0.